The zero-order valence-electron chi connectivity index (χ0n) is 13.0. The second kappa shape index (κ2) is 6.78. The van der Waals surface area contributed by atoms with Gasteiger partial charge in [-0.05, 0) is 41.1 Å². The van der Waals surface area contributed by atoms with Crippen LogP contribution in [0.2, 0.25) is 0 Å². The number of anilines is 2. The van der Waals surface area contributed by atoms with E-state index in [4.69, 9.17) is 0 Å². The molecule has 25 heavy (non-hydrogen) atoms. The molecule has 4 nitrogen and oxygen atoms in total. The Balaban J connectivity index is 0.00000157. The Morgan fingerprint density at radius 1 is 1.16 bits per heavy atom. The molecule has 4 heterocycles. The van der Waals surface area contributed by atoms with Crippen molar-refractivity contribution in [2.45, 2.75) is 36.9 Å². The molecule has 2 aliphatic rings. The van der Waals surface area contributed by atoms with Crippen LogP contribution in [0.3, 0.4) is 0 Å². The first-order chi connectivity index (χ1) is 11.8. The van der Waals surface area contributed by atoms with Crippen molar-refractivity contribution in [2.24, 2.45) is 0 Å². The lowest BCUT2D eigenvalue weighted by molar-refractivity contribution is 0.247. The predicted molar refractivity (Wildman–Crippen MR) is 105 cm³/mol. The van der Waals surface area contributed by atoms with Gasteiger partial charge < -0.3 is 5.32 Å². The topological polar surface area (TPSA) is 41.1 Å². The van der Waals surface area contributed by atoms with Gasteiger partial charge in [0.05, 0.1) is 5.69 Å². The lowest BCUT2D eigenvalue weighted by Crippen LogP contribution is -2.29. The van der Waals surface area contributed by atoms with E-state index < -0.39 is 0 Å². The molecule has 1 aromatic carbocycles. The van der Waals surface area contributed by atoms with Gasteiger partial charge in [-0.1, -0.05) is 25.3 Å². The number of benzene rings is 1. The number of hydrogen-bond donors (Lipinski definition) is 1. The first-order valence-electron chi connectivity index (χ1n) is 8.01. The second-order valence-corrected chi connectivity index (χ2v) is 8.13. The van der Waals surface area contributed by atoms with Gasteiger partial charge in [0.25, 0.3) is 0 Å². The first-order valence-corrected chi connectivity index (χ1v) is 9.71. The van der Waals surface area contributed by atoms with E-state index in [1.54, 1.807) is 29.0 Å². The van der Waals surface area contributed by atoms with Crippen LogP contribution in [0.1, 0.15) is 23.4 Å². The highest BCUT2D eigenvalue weighted by Gasteiger charge is 2.20. The van der Waals surface area contributed by atoms with Gasteiger partial charge in [-0.25, -0.2) is 9.97 Å². The summed E-state index contributed by atoms with van der Waals surface area (Å²) < 4.78 is 0. The van der Waals surface area contributed by atoms with Crippen LogP contribution in [0.15, 0.2) is 52.0 Å². The number of aromatic nitrogens is 2. The van der Waals surface area contributed by atoms with Gasteiger partial charge in [-0.3, -0.25) is 4.90 Å². The number of fused-ring (bicyclic) bond motifs is 3. The number of nitrogens with zero attached hydrogens (tertiary/aromatic N) is 3. The minimum Gasteiger partial charge on any atom is -0.337 e. The zero-order chi connectivity index (χ0) is 15.9. The van der Waals surface area contributed by atoms with Crippen LogP contribution >= 0.6 is 23.1 Å². The van der Waals surface area contributed by atoms with Crippen molar-refractivity contribution in [1.82, 2.24) is 14.9 Å². The van der Waals surface area contributed by atoms with Crippen LogP contribution in [0, 0.1) is 0 Å². The highest BCUT2D eigenvalue weighted by atomic mass is 32.2. The molecule has 3 aromatic rings. The summed E-state index contributed by atoms with van der Waals surface area (Å²) in [6, 6.07) is 8.95. The predicted octanol–water partition coefficient (Wildman–Crippen LogP) is 4.94. The fraction of sp³-hybridized carbons (Fsp3) is 0.263. The van der Waals surface area contributed by atoms with Crippen molar-refractivity contribution in [3.63, 3.8) is 0 Å². The monoisotopic (exact) mass is 368 g/mol. The van der Waals surface area contributed by atoms with Crippen LogP contribution in [-0.4, -0.2) is 21.4 Å². The quantitative estimate of drug-likeness (QED) is 0.543. The normalized spacial score (nSPS) is 15.4. The third-order valence-corrected chi connectivity index (χ3v) is 6.55. The van der Waals surface area contributed by atoms with Crippen LogP contribution in [0.4, 0.5) is 11.5 Å². The van der Waals surface area contributed by atoms with E-state index >= 15 is 0 Å². The maximum absolute atomic E-state index is 4.38. The Labute approximate surface area is 156 Å². The third kappa shape index (κ3) is 3.17. The van der Waals surface area contributed by atoms with Gasteiger partial charge in [-0.15, -0.1) is 11.3 Å². The summed E-state index contributed by atoms with van der Waals surface area (Å²) in [4.78, 5) is 14.1. The summed E-state index contributed by atoms with van der Waals surface area (Å²) in [5, 5.41) is 6.58. The first kappa shape index (κ1) is 16.6. The number of thiophene rings is 1. The van der Waals surface area contributed by atoms with Crippen LogP contribution in [0.25, 0.3) is 0 Å². The van der Waals surface area contributed by atoms with Crippen molar-refractivity contribution >= 4 is 34.6 Å². The lowest BCUT2D eigenvalue weighted by Gasteiger charge is -2.27. The van der Waals surface area contributed by atoms with Gasteiger partial charge >= 0.3 is 0 Å². The molecule has 0 amide bonds. The Morgan fingerprint density at radius 2 is 2.08 bits per heavy atom. The SMILES string of the molecule is C.c1cnc2c(n1)Nc1cc(CN3CCc4sccc4C3)ccc1S2. The summed E-state index contributed by atoms with van der Waals surface area (Å²) in [5.41, 5.74) is 3.98. The van der Waals surface area contributed by atoms with Crippen LogP contribution in [0.5, 0.6) is 0 Å². The van der Waals surface area contributed by atoms with Gasteiger partial charge in [0.15, 0.2) is 5.82 Å². The molecule has 5 rings (SSSR count). The Morgan fingerprint density at radius 3 is 3.04 bits per heavy atom. The molecule has 0 atom stereocenters. The molecule has 0 spiro atoms. The van der Waals surface area contributed by atoms with Crippen LogP contribution in [-0.2, 0) is 19.5 Å². The molecular formula is C19H20N4S2. The molecule has 0 aliphatic carbocycles. The van der Waals surface area contributed by atoms with Crippen molar-refractivity contribution in [1.29, 1.82) is 0 Å². The summed E-state index contributed by atoms with van der Waals surface area (Å²) in [6.07, 6.45) is 4.64. The van der Waals surface area contributed by atoms with E-state index in [1.165, 1.54) is 22.4 Å². The highest BCUT2D eigenvalue weighted by molar-refractivity contribution is 7.99. The minimum absolute atomic E-state index is 0. The van der Waals surface area contributed by atoms with E-state index in [1.807, 2.05) is 11.3 Å². The molecule has 2 aromatic heterocycles. The minimum atomic E-state index is 0. The summed E-state index contributed by atoms with van der Waals surface area (Å²) in [5.74, 6) is 0.855. The van der Waals surface area contributed by atoms with Gasteiger partial charge in [-0.2, -0.15) is 0 Å². The molecule has 0 saturated carbocycles. The van der Waals surface area contributed by atoms with Crippen LogP contribution < -0.4 is 5.32 Å². The summed E-state index contributed by atoms with van der Waals surface area (Å²) >= 11 is 3.57. The maximum Gasteiger partial charge on any atom is 0.163 e. The maximum atomic E-state index is 4.38. The highest BCUT2D eigenvalue weighted by Crippen LogP contribution is 2.42. The van der Waals surface area contributed by atoms with E-state index in [0.717, 1.165) is 36.2 Å². The Hall–Kier alpha value is -1.89. The summed E-state index contributed by atoms with van der Waals surface area (Å²) in [7, 11) is 0. The van der Waals surface area contributed by atoms with E-state index in [2.05, 4.69) is 49.8 Å². The number of nitrogens with one attached hydrogen (secondary N) is 1. The van der Waals surface area contributed by atoms with E-state index in [-0.39, 0.29) is 7.43 Å². The average molecular weight is 369 g/mol. The molecule has 2 aliphatic heterocycles. The second-order valence-electron chi connectivity index (χ2n) is 6.10. The van der Waals surface area contributed by atoms with Gasteiger partial charge in [0.2, 0.25) is 0 Å². The number of rotatable bonds is 2. The number of hydrogen-bond acceptors (Lipinski definition) is 6. The molecule has 0 bridgehead atoms. The Kier molecular flexibility index (Phi) is 4.50. The van der Waals surface area contributed by atoms with Crippen molar-refractivity contribution in [3.8, 4) is 0 Å². The summed E-state index contributed by atoms with van der Waals surface area (Å²) in [6.45, 7) is 3.19. The van der Waals surface area contributed by atoms with Gasteiger partial charge in [0.1, 0.15) is 5.03 Å². The smallest absolute Gasteiger partial charge is 0.163 e. The molecule has 1 N–H and O–H groups in total. The molecule has 0 unspecified atom stereocenters. The standard InChI is InChI=1S/C18H16N4S2.CH4/c1-2-16-14(21-17-18(24-16)20-6-5-19-17)9-12(1)10-22-7-3-15-13(11-22)4-8-23-15;/h1-2,4-6,8-9H,3,7,10-11H2,(H,19,21);1H4. The average Bonchev–Trinajstić information content (AvgIpc) is 3.08. The largest absolute Gasteiger partial charge is 0.337 e. The molecule has 0 saturated heterocycles. The molecule has 6 heteroatoms. The van der Waals surface area contributed by atoms with Crippen molar-refractivity contribution in [3.05, 3.63) is 58.0 Å². The van der Waals surface area contributed by atoms with Crippen molar-refractivity contribution in [2.75, 3.05) is 11.9 Å². The zero-order valence-corrected chi connectivity index (χ0v) is 14.7. The third-order valence-electron chi connectivity index (χ3n) is 4.46. The van der Waals surface area contributed by atoms with E-state index in [0.29, 0.717) is 0 Å². The van der Waals surface area contributed by atoms with Gasteiger partial charge in [0, 0.05) is 41.8 Å². The van der Waals surface area contributed by atoms with Crippen molar-refractivity contribution < 1.29 is 0 Å². The molecule has 128 valence electrons. The Bertz CT molecular complexity index is 906. The molecule has 0 radical (unpaired) electrons. The molecule has 0 fully saturated rings. The molecular weight excluding hydrogens is 348 g/mol. The lowest BCUT2D eigenvalue weighted by atomic mass is 10.1. The van der Waals surface area contributed by atoms with E-state index in [9.17, 15) is 0 Å². The fourth-order valence-electron chi connectivity index (χ4n) is 3.28. The fourth-order valence-corrected chi connectivity index (χ4v) is 5.05.